The predicted molar refractivity (Wildman–Crippen MR) is 67.5 cm³/mol. The van der Waals surface area contributed by atoms with Crippen LogP contribution in [0.15, 0.2) is 24.3 Å². The molecule has 1 aromatic carbocycles. The first-order valence-corrected chi connectivity index (χ1v) is 6.29. The van der Waals surface area contributed by atoms with Gasteiger partial charge >= 0.3 is 0 Å². The molecule has 17 heavy (non-hydrogen) atoms. The van der Waals surface area contributed by atoms with Gasteiger partial charge in [0.25, 0.3) is 0 Å². The van der Waals surface area contributed by atoms with Crippen LogP contribution in [0, 0.1) is 0 Å². The van der Waals surface area contributed by atoms with Crippen LogP contribution < -0.4 is 4.90 Å². The van der Waals surface area contributed by atoms with Crippen LogP contribution in [-0.2, 0) is 15.9 Å². The van der Waals surface area contributed by atoms with E-state index < -0.39 is 0 Å². The summed E-state index contributed by atoms with van der Waals surface area (Å²) in [5, 5.41) is 0. The molecule has 2 aliphatic heterocycles. The van der Waals surface area contributed by atoms with E-state index in [2.05, 4.69) is 29.2 Å². The lowest BCUT2D eigenvalue weighted by atomic mass is 10.0. The van der Waals surface area contributed by atoms with Crippen LogP contribution in [0.5, 0.6) is 0 Å². The van der Waals surface area contributed by atoms with Gasteiger partial charge in [-0.05, 0) is 18.1 Å². The van der Waals surface area contributed by atoms with Crippen LogP contribution in [0.2, 0.25) is 0 Å². The van der Waals surface area contributed by atoms with Gasteiger partial charge in [0, 0.05) is 38.9 Å². The van der Waals surface area contributed by atoms with E-state index in [1.165, 1.54) is 11.3 Å². The predicted octanol–water partition coefficient (Wildman–Crippen LogP) is 1.85. The first-order chi connectivity index (χ1) is 8.33. The van der Waals surface area contributed by atoms with Crippen molar-refractivity contribution in [3.05, 3.63) is 29.8 Å². The van der Waals surface area contributed by atoms with E-state index in [-0.39, 0.29) is 5.60 Å². The molecule has 0 bridgehead atoms. The Hall–Kier alpha value is -1.06. The van der Waals surface area contributed by atoms with Crippen LogP contribution in [0.25, 0.3) is 0 Å². The van der Waals surface area contributed by atoms with Gasteiger partial charge in [0.05, 0.1) is 6.61 Å². The SMILES string of the molecule is COC1(CN2CCc3ccccc32)CCOC1. The molecule has 92 valence electrons. The molecule has 1 aromatic rings. The quantitative estimate of drug-likeness (QED) is 0.795. The van der Waals surface area contributed by atoms with Crippen molar-refractivity contribution in [1.29, 1.82) is 0 Å². The van der Waals surface area contributed by atoms with Crippen LogP contribution in [-0.4, -0.2) is 39.0 Å². The summed E-state index contributed by atoms with van der Waals surface area (Å²) in [5.74, 6) is 0. The minimum absolute atomic E-state index is 0.0998. The molecule has 0 spiro atoms. The number of benzene rings is 1. The summed E-state index contributed by atoms with van der Waals surface area (Å²) in [7, 11) is 1.80. The molecule has 2 heterocycles. The molecule has 0 aliphatic carbocycles. The molecule has 0 amide bonds. The van der Waals surface area contributed by atoms with Gasteiger partial charge in [0.2, 0.25) is 0 Å². The van der Waals surface area contributed by atoms with Gasteiger partial charge in [-0.1, -0.05) is 18.2 Å². The van der Waals surface area contributed by atoms with E-state index in [1.807, 2.05) is 0 Å². The smallest absolute Gasteiger partial charge is 0.111 e. The van der Waals surface area contributed by atoms with Crippen LogP contribution >= 0.6 is 0 Å². The zero-order chi connectivity index (χ0) is 11.7. The maximum absolute atomic E-state index is 5.71. The Morgan fingerprint density at radius 3 is 3.06 bits per heavy atom. The van der Waals surface area contributed by atoms with Crippen molar-refractivity contribution in [3.8, 4) is 0 Å². The average Bonchev–Trinajstić information content (AvgIpc) is 2.99. The van der Waals surface area contributed by atoms with Gasteiger partial charge in [-0.25, -0.2) is 0 Å². The van der Waals surface area contributed by atoms with Crippen LogP contribution in [0.1, 0.15) is 12.0 Å². The molecule has 1 saturated heterocycles. The standard InChI is InChI=1S/C14H19NO2/c1-16-14(7-9-17-11-14)10-15-8-6-12-4-2-3-5-13(12)15/h2-5H,6-11H2,1H3. The normalized spacial score (nSPS) is 27.5. The highest BCUT2D eigenvalue weighted by Crippen LogP contribution is 2.32. The average molecular weight is 233 g/mol. The molecular formula is C14H19NO2. The Bertz CT molecular complexity index is 399. The first kappa shape index (κ1) is 11.1. The van der Waals surface area contributed by atoms with Gasteiger partial charge in [0.1, 0.15) is 5.60 Å². The van der Waals surface area contributed by atoms with E-state index in [9.17, 15) is 0 Å². The van der Waals surface area contributed by atoms with E-state index in [0.29, 0.717) is 0 Å². The summed E-state index contributed by atoms with van der Waals surface area (Å²) in [6.45, 7) is 3.59. The van der Waals surface area contributed by atoms with Crippen molar-refractivity contribution in [2.45, 2.75) is 18.4 Å². The molecule has 0 radical (unpaired) electrons. The zero-order valence-corrected chi connectivity index (χ0v) is 10.3. The second-order valence-corrected chi connectivity index (χ2v) is 4.99. The fraction of sp³-hybridized carbons (Fsp3) is 0.571. The molecule has 1 fully saturated rings. The van der Waals surface area contributed by atoms with Gasteiger partial charge in [0.15, 0.2) is 0 Å². The van der Waals surface area contributed by atoms with Crippen LogP contribution in [0.4, 0.5) is 5.69 Å². The fourth-order valence-corrected chi connectivity index (χ4v) is 2.86. The lowest BCUT2D eigenvalue weighted by Gasteiger charge is -2.32. The molecule has 1 atom stereocenters. The second-order valence-electron chi connectivity index (χ2n) is 4.99. The summed E-state index contributed by atoms with van der Waals surface area (Å²) < 4.78 is 11.2. The summed E-state index contributed by atoms with van der Waals surface area (Å²) >= 11 is 0. The van der Waals surface area contributed by atoms with Crippen molar-refractivity contribution >= 4 is 5.69 Å². The largest absolute Gasteiger partial charge is 0.378 e. The van der Waals surface area contributed by atoms with E-state index >= 15 is 0 Å². The molecule has 0 aromatic heterocycles. The molecule has 0 N–H and O–H groups in total. The van der Waals surface area contributed by atoms with Gasteiger partial charge in [-0.2, -0.15) is 0 Å². The highest BCUT2D eigenvalue weighted by atomic mass is 16.5. The first-order valence-electron chi connectivity index (χ1n) is 6.29. The van der Waals surface area contributed by atoms with E-state index in [0.717, 1.165) is 39.1 Å². The molecule has 3 nitrogen and oxygen atoms in total. The molecule has 3 heteroatoms. The third-order valence-corrected chi connectivity index (χ3v) is 3.96. The maximum Gasteiger partial charge on any atom is 0.111 e. The fourth-order valence-electron chi connectivity index (χ4n) is 2.86. The van der Waals surface area contributed by atoms with Crippen molar-refractivity contribution in [1.82, 2.24) is 0 Å². The summed E-state index contributed by atoms with van der Waals surface area (Å²) in [5.41, 5.74) is 2.73. The van der Waals surface area contributed by atoms with Crippen molar-refractivity contribution in [2.75, 3.05) is 38.3 Å². The minimum atomic E-state index is -0.0998. The Kier molecular flexibility index (Phi) is 2.81. The number of fused-ring (bicyclic) bond motifs is 1. The van der Waals surface area contributed by atoms with Crippen molar-refractivity contribution < 1.29 is 9.47 Å². The number of methoxy groups -OCH3 is 1. The number of hydrogen-bond donors (Lipinski definition) is 0. The number of anilines is 1. The van der Waals surface area contributed by atoms with Gasteiger partial charge in [-0.3, -0.25) is 0 Å². The molecular weight excluding hydrogens is 214 g/mol. The molecule has 0 saturated carbocycles. The summed E-state index contributed by atoms with van der Waals surface area (Å²) in [4.78, 5) is 2.44. The third-order valence-electron chi connectivity index (χ3n) is 3.96. The van der Waals surface area contributed by atoms with E-state index in [4.69, 9.17) is 9.47 Å². The van der Waals surface area contributed by atoms with Crippen molar-refractivity contribution in [2.24, 2.45) is 0 Å². The molecule has 1 unspecified atom stereocenters. The molecule has 3 rings (SSSR count). The summed E-state index contributed by atoms with van der Waals surface area (Å²) in [6, 6.07) is 8.66. The Labute approximate surface area is 102 Å². The highest BCUT2D eigenvalue weighted by Gasteiger charge is 2.38. The number of hydrogen-bond acceptors (Lipinski definition) is 3. The Morgan fingerprint density at radius 2 is 2.29 bits per heavy atom. The number of rotatable bonds is 3. The van der Waals surface area contributed by atoms with Gasteiger partial charge in [-0.15, -0.1) is 0 Å². The number of ether oxygens (including phenoxy) is 2. The lowest BCUT2D eigenvalue weighted by Crippen LogP contribution is -2.44. The summed E-state index contributed by atoms with van der Waals surface area (Å²) in [6.07, 6.45) is 2.15. The monoisotopic (exact) mass is 233 g/mol. The topological polar surface area (TPSA) is 21.7 Å². The Morgan fingerprint density at radius 1 is 1.41 bits per heavy atom. The second kappa shape index (κ2) is 4.31. The minimum Gasteiger partial charge on any atom is -0.378 e. The van der Waals surface area contributed by atoms with Crippen LogP contribution in [0.3, 0.4) is 0 Å². The number of para-hydroxylation sites is 1. The van der Waals surface area contributed by atoms with E-state index in [1.54, 1.807) is 7.11 Å². The number of nitrogens with zero attached hydrogens (tertiary/aromatic N) is 1. The highest BCUT2D eigenvalue weighted by molar-refractivity contribution is 5.58. The molecule has 2 aliphatic rings. The maximum atomic E-state index is 5.71. The Balaban J connectivity index is 1.79. The third kappa shape index (κ3) is 1.94. The zero-order valence-electron chi connectivity index (χ0n) is 10.3. The lowest BCUT2D eigenvalue weighted by molar-refractivity contribution is -0.0105. The van der Waals surface area contributed by atoms with Crippen molar-refractivity contribution in [3.63, 3.8) is 0 Å². The van der Waals surface area contributed by atoms with Gasteiger partial charge < -0.3 is 14.4 Å².